The van der Waals surface area contributed by atoms with Gasteiger partial charge in [-0.1, -0.05) is 12.1 Å². The third-order valence-corrected chi connectivity index (χ3v) is 1.71. The van der Waals surface area contributed by atoms with Gasteiger partial charge in [0.15, 0.2) is 0 Å². The number of carbonyl (C=O) groups is 1. The quantitative estimate of drug-likeness (QED) is 0.637. The minimum Gasteiger partial charge on any atom is -0.508 e. The first kappa shape index (κ1) is 12.9. The van der Waals surface area contributed by atoms with Gasteiger partial charge in [0.25, 0.3) is 0 Å². The second kappa shape index (κ2) is 5.58. The topological polar surface area (TPSA) is 83.5 Å². The second-order valence-corrected chi connectivity index (χ2v) is 2.82. The normalized spacial score (nSPS) is 11.5. The SMILES string of the molecule is N[C@@H](Cc1ccc(O)cc1)C(=O)O.P. The van der Waals surface area contributed by atoms with E-state index in [1.54, 1.807) is 12.1 Å². The molecule has 1 unspecified atom stereocenters. The zero-order valence-corrected chi connectivity index (χ0v) is 9.10. The smallest absolute Gasteiger partial charge is 0.320 e. The van der Waals surface area contributed by atoms with Gasteiger partial charge < -0.3 is 15.9 Å². The lowest BCUT2D eigenvalue weighted by Crippen LogP contribution is -2.32. The lowest BCUT2D eigenvalue weighted by atomic mass is 10.1. The monoisotopic (exact) mass is 215 g/mol. The number of carboxylic acid groups (broad SMARTS) is 1. The summed E-state index contributed by atoms with van der Waals surface area (Å²) in [6.45, 7) is 0. The molecule has 1 aromatic rings. The highest BCUT2D eigenvalue weighted by Gasteiger charge is 2.11. The molecule has 14 heavy (non-hydrogen) atoms. The summed E-state index contributed by atoms with van der Waals surface area (Å²) in [6, 6.07) is 5.42. The van der Waals surface area contributed by atoms with E-state index >= 15 is 0 Å². The van der Waals surface area contributed by atoms with Crippen molar-refractivity contribution in [3.8, 4) is 5.75 Å². The van der Waals surface area contributed by atoms with Crippen LogP contribution in [0.2, 0.25) is 0 Å². The van der Waals surface area contributed by atoms with E-state index in [-0.39, 0.29) is 22.1 Å². The minimum atomic E-state index is -1.02. The Morgan fingerprint density at radius 1 is 1.36 bits per heavy atom. The molecule has 0 saturated carbocycles. The van der Waals surface area contributed by atoms with Crippen LogP contribution in [0.15, 0.2) is 24.3 Å². The molecule has 78 valence electrons. The predicted octanol–water partition coefficient (Wildman–Crippen LogP) is 0.405. The van der Waals surface area contributed by atoms with Crippen LogP contribution in [-0.4, -0.2) is 22.2 Å². The van der Waals surface area contributed by atoms with Gasteiger partial charge in [-0.15, -0.1) is 0 Å². The van der Waals surface area contributed by atoms with Crippen molar-refractivity contribution in [1.29, 1.82) is 0 Å². The van der Waals surface area contributed by atoms with Crippen molar-refractivity contribution in [3.63, 3.8) is 0 Å². The average Bonchev–Trinajstić information content (AvgIpc) is 2.08. The molecule has 0 radical (unpaired) electrons. The van der Waals surface area contributed by atoms with E-state index in [0.29, 0.717) is 0 Å². The number of hydrogen-bond acceptors (Lipinski definition) is 3. The third kappa shape index (κ3) is 3.73. The molecular formula is C9H14NO3P. The van der Waals surface area contributed by atoms with Crippen molar-refractivity contribution in [3.05, 3.63) is 29.8 Å². The molecule has 4 nitrogen and oxygen atoms in total. The van der Waals surface area contributed by atoms with E-state index in [1.165, 1.54) is 12.1 Å². The molecule has 1 rings (SSSR count). The molecule has 0 amide bonds. The maximum Gasteiger partial charge on any atom is 0.320 e. The van der Waals surface area contributed by atoms with Gasteiger partial charge in [-0.3, -0.25) is 4.79 Å². The van der Waals surface area contributed by atoms with Gasteiger partial charge in [0.1, 0.15) is 11.8 Å². The lowest BCUT2D eigenvalue weighted by Gasteiger charge is -2.05. The van der Waals surface area contributed by atoms with Crippen molar-refractivity contribution in [2.45, 2.75) is 12.5 Å². The molecule has 0 fully saturated rings. The van der Waals surface area contributed by atoms with Gasteiger partial charge in [-0.05, 0) is 24.1 Å². The first-order valence-electron chi connectivity index (χ1n) is 3.86. The fraction of sp³-hybridized carbons (Fsp3) is 0.222. The minimum absolute atomic E-state index is 0. The molecule has 0 bridgehead atoms. The van der Waals surface area contributed by atoms with E-state index in [1.807, 2.05) is 0 Å². The summed E-state index contributed by atoms with van der Waals surface area (Å²) in [7, 11) is 0. The number of nitrogens with two attached hydrogens (primary N) is 1. The van der Waals surface area contributed by atoms with Gasteiger partial charge >= 0.3 is 5.97 Å². The Morgan fingerprint density at radius 3 is 2.29 bits per heavy atom. The van der Waals surface area contributed by atoms with Crippen LogP contribution in [0.5, 0.6) is 5.75 Å². The molecule has 1 aromatic carbocycles. The summed E-state index contributed by atoms with van der Waals surface area (Å²) in [5, 5.41) is 17.5. The van der Waals surface area contributed by atoms with E-state index in [0.717, 1.165) is 5.56 Å². The zero-order chi connectivity index (χ0) is 9.84. The van der Waals surface area contributed by atoms with Gasteiger partial charge in [0.2, 0.25) is 0 Å². The third-order valence-electron chi connectivity index (χ3n) is 1.71. The Balaban J connectivity index is 0.00000169. The van der Waals surface area contributed by atoms with E-state index in [9.17, 15) is 4.79 Å². The fourth-order valence-corrected chi connectivity index (χ4v) is 0.973. The van der Waals surface area contributed by atoms with Crippen molar-refractivity contribution in [2.24, 2.45) is 5.73 Å². The Bertz CT molecular complexity index is 299. The van der Waals surface area contributed by atoms with Gasteiger partial charge in [0.05, 0.1) is 0 Å². The maximum absolute atomic E-state index is 10.4. The van der Waals surface area contributed by atoms with Crippen LogP contribution in [0.3, 0.4) is 0 Å². The zero-order valence-electron chi connectivity index (χ0n) is 7.68. The number of hydrogen-bond donors (Lipinski definition) is 3. The highest BCUT2D eigenvalue weighted by molar-refractivity contribution is 6.92. The molecule has 0 aliphatic carbocycles. The van der Waals surface area contributed by atoms with Crippen molar-refractivity contribution in [2.75, 3.05) is 0 Å². The number of rotatable bonds is 3. The average molecular weight is 215 g/mol. The Hall–Kier alpha value is -1.12. The summed E-state index contributed by atoms with van der Waals surface area (Å²) < 4.78 is 0. The molecule has 5 heteroatoms. The van der Waals surface area contributed by atoms with Crippen LogP contribution in [0, 0.1) is 0 Å². The Labute approximate surface area is 85.4 Å². The number of phenols is 1. The molecule has 4 N–H and O–H groups in total. The standard InChI is InChI=1S/C9H11NO3.H3P/c10-8(9(12)13)5-6-1-3-7(11)4-2-6;/h1-4,8,11H,5,10H2,(H,12,13);1H3/t8-;/m0./s1. The molecular weight excluding hydrogens is 201 g/mol. The fourth-order valence-electron chi connectivity index (χ4n) is 0.973. The van der Waals surface area contributed by atoms with Gasteiger partial charge in [-0.2, -0.15) is 9.90 Å². The van der Waals surface area contributed by atoms with Crippen molar-refractivity contribution < 1.29 is 15.0 Å². The summed E-state index contributed by atoms with van der Waals surface area (Å²) >= 11 is 0. The highest BCUT2D eigenvalue weighted by Crippen LogP contribution is 2.10. The summed E-state index contributed by atoms with van der Waals surface area (Å²) in [5.74, 6) is -0.860. The van der Waals surface area contributed by atoms with E-state index in [2.05, 4.69) is 0 Å². The Kier molecular flexibility index (Phi) is 5.13. The molecule has 0 spiro atoms. The summed E-state index contributed by atoms with van der Waals surface area (Å²) in [6.07, 6.45) is 0.273. The first-order chi connectivity index (χ1) is 6.09. The largest absolute Gasteiger partial charge is 0.508 e. The Morgan fingerprint density at radius 2 is 1.86 bits per heavy atom. The van der Waals surface area contributed by atoms with Crippen LogP contribution in [0.25, 0.3) is 0 Å². The van der Waals surface area contributed by atoms with E-state index < -0.39 is 12.0 Å². The van der Waals surface area contributed by atoms with Crippen molar-refractivity contribution >= 4 is 15.9 Å². The van der Waals surface area contributed by atoms with E-state index in [4.69, 9.17) is 15.9 Å². The molecule has 0 saturated heterocycles. The number of aromatic hydroxyl groups is 1. The number of aliphatic carboxylic acids is 1. The van der Waals surface area contributed by atoms with Crippen LogP contribution in [-0.2, 0) is 11.2 Å². The predicted molar refractivity (Wildman–Crippen MR) is 58.5 cm³/mol. The molecule has 2 atom stereocenters. The second-order valence-electron chi connectivity index (χ2n) is 2.82. The molecule has 0 aromatic heterocycles. The maximum atomic E-state index is 10.4. The number of phenolic OH excluding ortho intramolecular Hbond substituents is 1. The van der Waals surface area contributed by atoms with Crippen LogP contribution in [0.1, 0.15) is 5.56 Å². The lowest BCUT2D eigenvalue weighted by molar-refractivity contribution is -0.138. The highest BCUT2D eigenvalue weighted by atomic mass is 31.0. The summed E-state index contributed by atoms with van der Waals surface area (Å²) in [5.41, 5.74) is 6.12. The van der Waals surface area contributed by atoms with Gasteiger partial charge in [-0.25, -0.2) is 0 Å². The molecule has 0 aliphatic heterocycles. The number of carboxylic acids is 1. The van der Waals surface area contributed by atoms with Crippen molar-refractivity contribution in [1.82, 2.24) is 0 Å². The molecule has 0 heterocycles. The summed E-state index contributed by atoms with van der Waals surface area (Å²) in [4.78, 5) is 10.4. The van der Waals surface area contributed by atoms with Crippen LogP contribution >= 0.6 is 9.90 Å². The molecule has 0 aliphatic rings. The number of benzene rings is 1. The van der Waals surface area contributed by atoms with Crippen LogP contribution < -0.4 is 5.73 Å². The van der Waals surface area contributed by atoms with Gasteiger partial charge in [0, 0.05) is 0 Å². The van der Waals surface area contributed by atoms with Crippen LogP contribution in [0.4, 0.5) is 0 Å². The first-order valence-corrected chi connectivity index (χ1v) is 3.86.